The van der Waals surface area contributed by atoms with Gasteiger partial charge in [0, 0.05) is 20.0 Å². The lowest BCUT2D eigenvalue weighted by atomic mass is 10.1. The van der Waals surface area contributed by atoms with Crippen LogP contribution in [0.15, 0.2) is 18.2 Å². The van der Waals surface area contributed by atoms with Crippen LogP contribution in [-0.2, 0) is 13.1 Å². The Morgan fingerprint density at radius 1 is 1.29 bits per heavy atom. The highest BCUT2D eigenvalue weighted by atomic mass is 19.3. The third kappa shape index (κ3) is 2.01. The largest absolute Gasteiger partial charge is 0.433 e. The van der Waals surface area contributed by atoms with E-state index in [9.17, 15) is 8.78 Å². The molecule has 0 saturated heterocycles. The molecule has 76 valence electrons. The van der Waals surface area contributed by atoms with Crippen molar-refractivity contribution in [2.45, 2.75) is 26.1 Å². The number of hydrogen-bond acceptors (Lipinski definition) is 2. The maximum Gasteiger partial charge on any atom is 0.394 e. The molecule has 2 rings (SSSR count). The van der Waals surface area contributed by atoms with Crippen molar-refractivity contribution < 1.29 is 13.5 Å². The summed E-state index contributed by atoms with van der Waals surface area (Å²) < 4.78 is 29.5. The molecule has 0 radical (unpaired) electrons. The highest BCUT2D eigenvalue weighted by Crippen LogP contribution is 2.25. The summed E-state index contributed by atoms with van der Waals surface area (Å²) in [5.74, 6) is 0.222. The number of halogens is 2. The van der Waals surface area contributed by atoms with E-state index in [1.165, 1.54) is 0 Å². The van der Waals surface area contributed by atoms with Crippen LogP contribution < -0.4 is 10.1 Å². The van der Waals surface area contributed by atoms with E-state index < -0.39 is 6.11 Å². The van der Waals surface area contributed by atoms with Gasteiger partial charge in [-0.1, -0.05) is 6.07 Å². The van der Waals surface area contributed by atoms with E-state index in [-0.39, 0.29) is 5.75 Å². The van der Waals surface area contributed by atoms with Crippen molar-refractivity contribution in [3.05, 3.63) is 29.3 Å². The zero-order valence-electron chi connectivity index (χ0n) is 7.81. The molecule has 0 aliphatic carbocycles. The zero-order chi connectivity index (χ0) is 10.2. The van der Waals surface area contributed by atoms with Crippen LogP contribution in [0.3, 0.4) is 0 Å². The quantitative estimate of drug-likeness (QED) is 0.789. The van der Waals surface area contributed by atoms with Gasteiger partial charge in [-0.05, 0) is 23.3 Å². The van der Waals surface area contributed by atoms with E-state index >= 15 is 0 Å². The van der Waals surface area contributed by atoms with Crippen molar-refractivity contribution in [2.24, 2.45) is 0 Å². The molecule has 1 N–H and O–H groups in total. The SMILES string of the molecule is CC(F)(F)Oc1ccc2c(c1)CNC2. The highest BCUT2D eigenvalue weighted by molar-refractivity contribution is 5.37. The molecule has 1 aromatic carbocycles. The predicted octanol–water partition coefficient (Wildman–Crippen LogP) is 2.28. The third-order valence-electron chi connectivity index (χ3n) is 2.11. The lowest BCUT2D eigenvalue weighted by Crippen LogP contribution is -2.19. The maximum atomic E-state index is 12.5. The first-order valence-corrected chi connectivity index (χ1v) is 4.44. The Labute approximate surface area is 80.9 Å². The number of nitrogens with one attached hydrogen (secondary N) is 1. The van der Waals surface area contributed by atoms with Crippen LogP contribution in [0.2, 0.25) is 0 Å². The maximum absolute atomic E-state index is 12.5. The van der Waals surface area contributed by atoms with E-state index in [0.717, 1.165) is 31.1 Å². The Morgan fingerprint density at radius 3 is 2.71 bits per heavy atom. The summed E-state index contributed by atoms with van der Waals surface area (Å²) in [4.78, 5) is 0. The third-order valence-corrected chi connectivity index (χ3v) is 2.11. The molecule has 1 aliphatic heterocycles. The van der Waals surface area contributed by atoms with Crippen molar-refractivity contribution in [3.63, 3.8) is 0 Å². The first-order chi connectivity index (χ1) is 6.54. The van der Waals surface area contributed by atoms with Crippen molar-refractivity contribution in [3.8, 4) is 5.75 Å². The van der Waals surface area contributed by atoms with Gasteiger partial charge in [0.1, 0.15) is 5.75 Å². The van der Waals surface area contributed by atoms with Crippen LogP contribution in [0, 0.1) is 0 Å². The van der Waals surface area contributed by atoms with Gasteiger partial charge >= 0.3 is 6.11 Å². The van der Waals surface area contributed by atoms with Gasteiger partial charge in [-0.2, -0.15) is 8.78 Å². The average molecular weight is 199 g/mol. The van der Waals surface area contributed by atoms with Gasteiger partial charge in [-0.3, -0.25) is 0 Å². The van der Waals surface area contributed by atoms with E-state index in [4.69, 9.17) is 0 Å². The van der Waals surface area contributed by atoms with Gasteiger partial charge in [0.15, 0.2) is 0 Å². The summed E-state index contributed by atoms with van der Waals surface area (Å²) >= 11 is 0. The fraction of sp³-hybridized carbons (Fsp3) is 0.400. The fourth-order valence-corrected chi connectivity index (χ4v) is 1.54. The first-order valence-electron chi connectivity index (χ1n) is 4.44. The van der Waals surface area contributed by atoms with E-state index in [2.05, 4.69) is 10.1 Å². The van der Waals surface area contributed by atoms with Crippen LogP contribution in [-0.4, -0.2) is 6.11 Å². The lowest BCUT2D eigenvalue weighted by molar-refractivity contribution is -0.158. The number of benzene rings is 1. The van der Waals surface area contributed by atoms with Gasteiger partial charge in [0.05, 0.1) is 0 Å². The second-order valence-corrected chi connectivity index (χ2v) is 3.44. The summed E-state index contributed by atoms with van der Waals surface area (Å²) in [5, 5.41) is 3.13. The summed E-state index contributed by atoms with van der Waals surface area (Å²) in [7, 11) is 0. The smallest absolute Gasteiger partial charge is 0.394 e. The average Bonchev–Trinajstić information content (AvgIpc) is 2.47. The van der Waals surface area contributed by atoms with Crippen LogP contribution in [0.5, 0.6) is 5.75 Å². The summed E-state index contributed by atoms with van der Waals surface area (Å²) in [6.07, 6.45) is -3.11. The standard InChI is InChI=1S/C10H11F2NO/c1-10(11,12)14-9-3-2-7-5-13-6-8(7)4-9/h2-4,13H,5-6H2,1H3. The molecule has 2 nitrogen and oxygen atoms in total. The minimum Gasteiger partial charge on any atom is -0.433 e. The monoisotopic (exact) mass is 199 g/mol. The first kappa shape index (κ1) is 9.40. The zero-order valence-corrected chi connectivity index (χ0v) is 7.81. The van der Waals surface area contributed by atoms with Gasteiger partial charge in [-0.15, -0.1) is 0 Å². The summed E-state index contributed by atoms with van der Waals surface area (Å²) in [6.45, 7) is 2.26. The van der Waals surface area contributed by atoms with Crippen LogP contribution >= 0.6 is 0 Å². The van der Waals surface area contributed by atoms with Crippen molar-refractivity contribution in [2.75, 3.05) is 0 Å². The lowest BCUT2D eigenvalue weighted by Gasteiger charge is -2.13. The molecule has 14 heavy (non-hydrogen) atoms. The summed E-state index contributed by atoms with van der Waals surface area (Å²) in [5.41, 5.74) is 2.18. The Kier molecular flexibility index (Phi) is 2.15. The Morgan fingerprint density at radius 2 is 2.00 bits per heavy atom. The molecule has 1 heterocycles. The molecule has 0 atom stereocenters. The van der Waals surface area contributed by atoms with Gasteiger partial charge < -0.3 is 10.1 Å². The number of rotatable bonds is 2. The topological polar surface area (TPSA) is 21.3 Å². The molecular formula is C10H11F2NO. The Bertz CT molecular complexity index is 346. The number of hydrogen-bond donors (Lipinski definition) is 1. The molecule has 0 bridgehead atoms. The predicted molar refractivity (Wildman–Crippen MR) is 48.2 cm³/mol. The minimum atomic E-state index is -3.11. The van der Waals surface area contributed by atoms with Crippen LogP contribution in [0.1, 0.15) is 18.1 Å². The van der Waals surface area contributed by atoms with Gasteiger partial charge in [-0.25, -0.2) is 0 Å². The van der Waals surface area contributed by atoms with Gasteiger partial charge in [0.2, 0.25) is 0 Å². The molecular weight excluding hydrogens is 188 g/mol. The number of ether oxygens (including phenoxy) is 1. The van der Waals surface area contributed by atoms with Crippen molar-refractivity contribution in [1.82, 2.24) is 5.32 Å². The molecule has 4 heteroatoms. The summed E-state index contributed by atoms with van der Waals surface area (Å²) in [6, 6.07) is 5.05. The molecule has 0 saturated carbocycles. The normalized spacial score (nSPS) is 15.4. The molecule has 1 aromatic rings. The second kappa shape index (κ2) is 3.20. The van der Waals surface area contributed by atoms with Crippen LogP contribution in [0.4, 0.5) is 8.78 Å². The Hall–Kier alpha value is -1.16. The molecule has 0 fully saturated rings. The number of alkyl halides is 2. The molecule has 0 aromatic heterocycles. The van der Waals surface area contributed by atoms with E-state index in [1.54, 1.807) is 12.1 Å². The molecule has 0 amide bonds. The minimum absolute atomic E-state index is 0.222. The van der Waals surface area contributed by atoms with Crippen molar-refractivity contribution >= 4 is 0 Å². The second-order valence-electron chi connectivity index (χ2n) is 3.44. The highest BCUT2D eigenvalue weighted by Gasteiger charge is 2.23. The molecule has 0 unspecified atom stereocenters. The van der Waals surface area contributed by atoms with Gasteiger partial charge in [0.25, 0.3) is 0 Å². The fourth-order valence-electron chi connectivity index (χ4n) is 1.54. The van der Waals surface area contributed by atoms with Crippen LogP contribution in [0.25, 0.3) is 0 Å². The molecule has 0 spiro atoms. The van der Waals surface area contributed by atoms with E-state index in [0.29, 0.717) is 0 Å². The molecule has 1 aliphatic rings. The van der Waals surface area contributed by atoms with E-state index in [1.807, 2.05) is 6.07 Å². The van der Waals surface area contributed by atoms with Crippen molar-refractivity contribution in [1.29, 1.82) is 0 Å². The Balaban J connectivity index is 2.21. The number of fused-ring (bicyclic) bond motifs is 1.